The van der Waals surface area contributed by atoms with Crippen LogP contribution in [0, 0.1) is 5.92 Å². The van der Waals surface area contributed by atoms with Gasteiger partial charge < -0.3 is 9.47 Å². The Morgan fingerprint density at radius 2 is 1.61 bits per heavy atom. The zero-order valence-corrected chi connectivity index (χ0v) is 13.7. The van der Waals surface area contributed by atoms with E-state index in [9.17, 15) is 0 Å². The van der Waals surface area contributed by atoms with Crippen LogP contribution in [0.3, 0.4) is 0 Å². The SMILES string of the molecule is COC1=NC(C(C)C)C(OC)=NC1C[Si](C)(C)C. The summed E-state index contributed by atoms with van der Waals surface area (Å²) in [6.07, 6.45) is 0. The van der Waals surface area contributed by atoms with Gasteiger partial charge in [-0.05, 0) is 12.0 Å². The van der Waals surface area contributed by atoms with Crippen molar-refractivity contribution in [3.63, 3.8) is 0 Å². The molecule has 1 heterocycles. The van der Waals surface area contributed by atoms with Crippen LogP contribution in [-0.4, -0.2) is 46.2 Å². The van der Waals surface area contributed by atoms with E-state index in [-0.39, 0.29) is 12.1 Å². The third-order valence-corrected chi connectivity index (χ3v) is 4.55. The molecule has 2 atom stereocenters. The summed E-state index contributed by atoms with van der Waals surface area (Å²) in [6.45, 7) is 11.2. The number of hydrogen-bond acceptors (Lipinski definition) is 4. The first kappa shape index (κ1) is 15.2. The number of methoxy groups -OCH3 is 2. The molecular formula is C13H26N2O2Si. The Hall–Kier alpha value is -0.843. The molecule has 0 N–H and O–H groups in total. The summed E-state index contributed by atoms with van der Waals surface area (Å²) in [4.78, 5) is 9.39. The summed E-state index contributed by atoms with van der Waals surface area (Å²) in [6, 6.07) is 1.06. The second kappa shape index (κ2) is 5.86. The van der Waals surface area contributed by atoms with Crippen LogP contribution in [0.2, 0.25) is 25.7 Å². The van der Waals surface area contributed by atoms with E-state index < -0.39 is 8.07 Å². The van der Waals surface area contributed by atoms with Crippen LogP contribution in [0.1, 0.15) is 13.8 Å². The number of hydrogen-bond donors (Lipinski definition) is 0. The Balaban J connectivity index is 2.98. The molecule has 0 radical (unpaired) electrons. The number of ether oxygens (including phenoxy) is 2. The molecule has 0 saturated heterocycles. The van der Waals surface area contributed by atoms with Crippen molar-refractivity contribution in [3.05, 3.63) is 0 Å². The third-order valence-electron chi connectivity index (χ3n) is 2.94. The number of rotatable bonds is 3. The highest BCUT2D eigenvalue weighted by molar-refractivity contribution is 6.76. The summed E-state index contributed by atoms with van der Waals surface area (Å²) >= 11 is 0. The van der Waals surface area contributed by atoms with Gasteiger partial charge in [0.2, 0.25) is 11.8 Å². The van der Waals surface area contributed by atoms with E-state index in [4.69, 9.17) is 14.5 Å². The molecule has 4 nitrogen and oxygen atoms in total. The van der Waals surface area contributed by atoms with E-state index in [1.165, 1.54) is 0 Å². The summed E-state index contributed by atoms with van der Waals surface area (Å²) in [7, 11) is 2.14. The molecule has 0 spiro atoms. The minimum Gasteiger partial charge on any atom is -0.483 e. The number of nitrogens with zero attached hydrogens (tertiary/aromatic N) is 2. The molecule has 0 aromatic carbocycles. The van der Waals surface area contributed by atoms with Gasteiger partial charge in [-0.1, -0.05) is 33.5 Å². The first-order chi connectivity index (χ1) is 8.28. The van der Waals surface area contributed by atoms with Crippen LogP contribution in [0.25, 0.3) is 0 Å². The molecule has 5 heteroatoms. The zero-order chi connectivity index (χ0) is 13.9. The summed E-state index contributed by atoms with van der Waals surface area (Å²) < 4.78 is 10.8. The van der Waals surface area contributed by atoms with E-state index in [0.29, 0.717) is 5.92 Å². The van der Waals surface area contributed by atoms with Gasteiger partial charge in [0.05, 0.1) is 14.2 Å². The average molecular weight is 270 g/mol. The van der Waals surface area contributed by atoms with Gasteiger partial charge in [-0.15, -0.1) is 0 Å². The van der Waals surface area contributed by atoms with Crippen molar-refractivity contribution in [2.24, 2.45) is 15.9 Å². The van der Waals surface area contributed by atoms with Gasteiger partial charge in [-0.3, -0.25) is 0 Å². The van der Waals surface area contributed by atoms with Crippen molar-refractivity contribution in [2.45, 2.75) is 51.6 Å². The maximum atomic E-state index is 5.43. The molecule has 0 aliphatic carbocycles. The average Bonchev–Trinajstić information content (AvgIpc) is 2.25. The van der Waals surface area contributed by atoms with Crippen molar-refractivity contribution in [1.82, 2.24) is 0 Å². The van der Waals surface area contributed by atoms with Crippen LogP contribution in [0.5, 0.6) is 0 Å². The van der Waals surface area contributed by atoms with Gasteiger partial charge in [0.15, 0.2) is 0 Å². The smallest absolute Gasteiger partial charge is 0.209 e. The van der Waals surface area contributed by atoms with Crippen molar-refractivity contribution in [3.8, 4) is 0 Å². The van der Waals surface area contributed by atoms with E-state index in [1.807, 2.05) is 0 Å². The Morgan fingerprint density at radius 1 is 1.06 bits per heavy atom. The molecule has 0 aromatic rings. The molecule has 0 saturated carbocycles. The van der Waals surface area contributed by atoms with Gasteiger partial charge in [-0.25, -0.2) is 9.98 Å². The van der Waals surface area contributed by atoms with Crippen LogP contribution in [0.4, 0.5) is 0 Å². The fourth-order valence-electron chi connectivity index (χ4n) is 2.07. The van der Waals surface area contributed by atoms with E-state index in [1.54, 1.807) is 14.2 Å². The predicted octanol–water partition coefficient (Wildman–Crippen LogP) is 2.82. The Kier molecular flexibility index (Phi) is 4.96. The van der Waals surface area contributed by atoms with Crippen molar-refractivity contribution in [2.75, 3.05) is 14.2 Å². The first-order valence-electron chi connectivity index (χ1n) is 6.52. The van der Waals surface area contributed by atoms with E-state index in [2.05, 4.69) is 38.5 Å². The molecule has 1 aliphatic rings. The minimum absolute atomic E-state index is 0.0113. The lowest BCUT2D eigenvalue weighted by Crippen LogP contribution is -2.40. The minimum atomic E-state index is -1.22. The van der Waals surface area contributed by atoms with Gasteiger partial charge in [0.1, 0.15) is 12.1 Å². The second-order valence-electron chi connectivity index (χ2n) is 6.31. The first-order valence-corrected chi connectivity index (χ1v) is 10.2. The molecule has 18 heavy (non-hydrogen) atoms. The topological polar surface area (TPSA) is 43.2 Å². The van der Waals surface area contributed by atoms with Gasteiger partial charge in [-0.2, -0.15) is 0 Å². The second-order valence-corrected chi connectivity index (χ2v) is 11.8. The lowest BCUT2D eigenvalue weighted by molar-refractivity contribution is 0.335. The molecular weight excluding hydrogens is 244 g/mol. The molecule has 1 aliphatic heterocycles. The lowest BCUT2D eigenvalue weighted by atomic mass is 10.0. The predicted molar refractivity (Wildman–Crippen MR) is 79.5 cm³/mol. The summed E-state index contributed by atoms with van der Waals surface area (Å²) in [5.41, 5.74) is 0. The number of aliphatic imine (C=N–C) groups is 2. The summed E-state index contributed by atoms with van der Waals surface area (Å²) in [5, 5.41) is 0. The van der Waals surface area contributed by atoms with Crippen LogP contribution in [-0.2, 0) is 9.47 Å². The fraction of sp³-hybridized carbons (Fsp3) is 0.846. The van der Waals surface area contributed by atoms with Gasteiger partial charge in [0, 0.05) is 8.07 Å². The van der Waals surface area contributed by atoms with Gasteiger partial charge >= 0.3 is 0 Å². The van der Waals surface area contributed by atoms with Crippen LogP contribution < -0.4 is 0 Å². The maximum Gasteiger partial charge on any atom is 0.209 e. The zero-order valence-electron chi connectivity index (χ0n) is 12.7. The fourth-order valence-corrected chi connectivity index (χ4v) is 3.50. The molecule has 0 fully saturated rings. The Bertz CT molecular complexity index is 345. The molecule has 1 rings (SSSR count). The highest BCUT2D eigenvalue weighted by Gasteiger charge is 2.33. The van der Waals surface area contributed by atoms with E-state index >= 15 is 0 Å². The van der Waals surface area contributed by atoms with Crippen molar-refractivity contribution in [1.29, 1.82) is 0 Å². The van der Waals surface area contributed by atoms with Gasteiger partial charge in [0.25, 0.3) is 0 Å². The molecule has 2 unspecified atom stereocenters. The lowest BCUT2D eigenvalue weighted by Gasteiger charge is -2.29. The standard InChI is InChI=1S/C13H26N2O2Si/c1-9(2)11-13(17-4)14-10(8-18(5,6)7)12(15-11)16-3/h9-11H,8H2,1-7H3. The highest BCUT2D eigenvalue weighted by atomic mass is 28.3. The molecule has 104 valence electrons. The normalized spacial score (nSPS) is 24.7. The van der Waals surface area contributed by atoms with E-state index in [0.717, 1.165) is 17.8 Å². The molecule has 0 bridgehead atoms. The third kappa shape index (κ3) is 3.83. The largest absolute Gasteiger partial charge is 0.483 e. The van der Waals surface area contributed by atoms with Crippen molar-refractivity contribution < 1.29 is 9.47 Å². The quantitative estimate of drug-likeness (QED) is 0.740. The van der Waals surface area contributed by atoms with Crippen molar-refractivity contribution >= 4 is 19.9 Å². The Morgan fingerprint density at radius 3 is 2.00 bits per heavy atom. The van der Waals surface area contributed by atoms with Crippen LogP contribution >= 0.6 is 0 Å². The van der Waals surface area contributed by atoms with Crippen LogP contribution in [0.15, 0.2) is 9.98 Å². The maximum absolute atomic E-state index is 5.43. The molecule has 0 aromatic heterocycles. The monoisotopic (exact) mass is 270 g/mol. The highest BCUT2D eigenvalue weighted by Crippen LogP contribution is 2.23. The molecule has 0 amide bonds. The Labute approximate surface area is 112 Å². The summed E-state index contributed by atoms with van der Waals surface area (Å²) in [5.74, 6) is 1.87.